The topological polar surface area (TPSA) is 48.0 Å². The van der Waals surface area contributed by atoms with Crippen LogP contribution in [0.1, 0.15) is 48.0 Å². The van der Waals surface area contributed by atoms with Crippen LogP contribution in [0.2, 0.25) is 18.1 Å². The number of carbonyl (C=O) groups is 1. The summed E-state index contributed by atoms with van der Waals surface area (Å²) in [6, 6.07) is 9.61. The predicted octanol–water partition coefficient (Wildman–Crippen LogP) is 5.47. The highest BCUT2D eigenvalue weighted by Crippen LogP contribution is 2.37. The molecule has 0 saturated carbocycles. The van der Waals surface area contributed by atoms with Gasteiger partial charge in [0.1, 0.15) is 17.5 Å². The molecule has 158 valence electrons. The van der Waals surface area contributed by atoms with Crippen molar-refractivity contribution in [3.8, 4) is 5.75 Å². The quantitative estimate of drug-likeness (QED) is 0.608. The number of benzene rings is 1. The van der Waals surface area contributed by atoms with Crippen LogP contribution in [-0.2, 0) is 9.16 Å². The summed E-state index contributed by atoms with van der Waals surface area (Å²) in [6.45, 7) is 17.9. The Morgan fingerprint density at radius 2 is 1.71 bits per heavy atom. The normalized spacial score (nSPS) is 20.9. The van der Waals surface area contributed by atoms with Crippen molar-refractivity contribution in [3.63, 3.8) is 0 Å². The maximum absolute atomic E-state index is 12.8. The fraction of sp³-hybridized carbons (Fsp3) is 0.682. The van der Waals surface area contributed by atoms with Crippen molar-refractivity contribution in [2.24, 2.45) is 0 Å². The first kappa shape index (κ1) is 22.8. The molecule has 2 rings (SSSR count). The van der Waals surface area contributed by atoms with Gasteiger partial charge in [0.25, 0.3) is 0 Å². The zero-order valence-corrected chi connectivity index (χ0v) is 19.7. The van der Waals surface area contributed by atoms with Gasteiger partial charge in [-0.1, -0.05) is 39.0 Å². The third kappa shape index (κ3) is 5.98. The van der Waals surface area contributed by atoms with Crippen molar-refractivity contribution in [1.29, 1.82) is 0 Å². The molecule has 1 amide bonds. The Morgan fingerprint density at radius 1 is 1.11 bits per heavy atom. The first-order valence-corrected chi connectivity index (χ1v) is 13.1. The minimum Gasteiger partial charge on any atom is -0.488 e. The van der Waals surface area contributed by atoms with Crippen LogP contribution in [0.3, 0.4) is 0 Å². The Bertz CT molecular complexity index is 649. The molecule has 1 aliphatic rings. The smallest absolute Gasteiger partial charge is 0.410 e. The molecule has 1 heterocycles. The molecule has 0 radical (unpaired) electrons. The Balaban J connectivity index is 2.17. The molecule has 2 atom stereocenters. The summed E-state index contributed by atoms with van der Waals surface area (Å²) in [5.41, 5.74) is -0.527. The van der Waals surface area contributed by atoms with Gasteiger partial charge in [-0.2, -0.15) is 0 Å². The summed E-state index contributed by atoms with van der Waals surface area (Å²) in [6.07, 6.45) is 0.356. The van der Waals surface area contributed by atoms with Gasteiger partial charge >= 0.3 is 6.09 Å². The van der Waals surface area contributed by atoms with Gasteiger partial charge in [-0.3, -0.25) is 4.90 Å². The fourth-order valence-electron chi connectivity index (χ4n) is 2.89. The predicted molar refractivity (Wildman–Crippen MR) is 115 cm³/mol. The molecule has 1 aromatic carbocycles. The molecule has 28 heavy (non-hydrogen) atoms. The molecular weight excluding hydrogens is 370 g/mol. The summed E-state index contributed by atoms with van der Waals surface area (Å²) in [7, 11) is -1.94. The number of hydrogen-bond donors (Lipinski definition) is 0. The van der Waals surface area contributed by atoms with Gasteiger partial charge in [0.15, 0.2) is 8.32 Å². The van der Waals surface area contributed by atoms with Gasteiger partial charge in [-0.05, 0) is 51.0 Å². The number of ether oxygens (including phenoxy) is 2. The average Bonchev–Trinajstić information content (AvgIpc) is 2.94. The standard InChI is InChI=1S/C22H37NO4Si/c1-21(2,3)27-20(24)23-15-14-19(26-17-12-10-9-11-13-17)18(23)16-25-28(7,8)22(4,5)6/h9-13,18-19H,14-16H2,1-8H3/t18-,19+/m1/s1. The van der Waals surface area contributed by atoms with Crippen molar-refractivity contribution >= 4 is 14.4 Å². The number of nitrogens with zero attached hydrogens (tertiary/aromatic N) is 1. The Hall–Kier alpha value is -1.53. The average molecular weight is 408 g/mol. The highest BCUT2D eigenvalue weighted by molar-refractivity contribution is 6.74. The minimum absolute atomic E-state index is 0.109. The van der Waals surface area contributed by atoms with E-state index in [0.29, 0.717) is 13.2 Å². The maximum Gasteiger partial charge on any atom is 0.410 e. The lowest BCUT2D eigenvalue weighted by Crippen LogP contribution is -2.50. The molecule has 1 saturated heterocycles. The van der Waals surface area contributed by atoms with Gasteiger partial charge in [0.2, 0.25) is 0 Å². The van der Waals surface area contributed by atoms with E-state index in [0.717, 1.165) is 12.2 Å². The summed E-state index contributed by atoms with van der Waals surface area (Å²) < 4.78 is 18.3. The van der Waals surface area contributed by atoms with Crippen LogP contribution in [0.4, 0.5) is 4.79 Å². The van der Waals surface area contributed by atoms with E-state index < -0.39 is 13.9 Å². The lowest BCUT2D eigenvalue weighted by molar-refractivity contribution is 0.0100. The SMILES string of the molecule is CC(C)(C)OC(=O)N1CC[C@H](Oc2ccccc2)[C@H]1CO[Si](C)(C)C(C)(C)C. The molecule has 1 aromatic rings. The van der Waals surface area contributed by atoms with E-state index in [2.05, 4.69) is 33.9 Å². The van der Waals surface area contributed by atoms with Crippen molar-refractivity contribution in [3.05, 3.63) is 30.3 Å². The van der Waals surface area contributed by atoms with Gasteiger partial charge in [-0.15, -0.1) is 0 Å². The second-order valence-electron chi connectivity index (χ2n) is 10.1. The van der Waals surface area contributed by atoms with Crippen molar-refractivity contribution < 1.29 is 18.7 Å². The number of amides is 1. The Kier molecular flexibility index (Phi) is 6.87. The molecule has 0 bridgehead atoms. The highest BCUT2D eigenvalue weighted by Gasteiger charge is 2.44. The molecule has 0 spiro atoms. The molecule has 5 nitrogen and oxygen atoms in total. The zero-order chi connectivity index (χ0) is 21.2. The second-order valence-corrected chi connectivity index (χ2v) is 14.9. The second kappa shape index (κ2) is 8.45. The van der Waals surface area contributed by atoms with Crippen LogP contribution >= 0.6 is 0 Å². The van der Waals surface area contributed by atoms with Gasteiger partial charge < -0.3 is 13.9 Å². The van der Waals surface area contributed by atoms with Crippen LogP contribution in [-0.4, -0.2) is 50.2 Å². The van der Waals surface area contributed by atoms with Crippen LogP contribution < -0.4 is 4.74 Å². The van der Waals surface area contributed by atoms with E-state index >= 15 is 0 Å². The molecule has 0 aromatic heterocycles. The number of carbonyl (C=O) groups excluding carboxylic acids is 1. The summed E-state index contributed by atoms with van der Waals surface area (Å²) >= 11 is 0. The van der Waals surface area contributed by atoms with Crippen LogP contribution in [0.15, 0.2) is 30.3 Å². The van der Waals surface area contributed by atoms with Crippen LogP contribution in [0.5, 0.6) is 5.75 Å². The Labute approximate surface area is 171 Å². The molecule has 1 fully saturated rings. The van der Waals surface area contributed by atoms with E-state index in [1.807, 2.05) is 51.1 Å². The molecule has 6 heteroatoms. The molecule has 0 unspecified atom stereocenters. The molecular formula is C22H37NO4Si. The van der Waals surface area contributed by atoms with Gasteiger partial charge in [0.05, 0.1) is 12.6 Å². The largest absolute Gasteiger partial charge is 0.488 e. The first-order chi connectivity index (χ1) is 12.8. The molecule has 0 N–H and O–H groups in total. The van der Waals surface area contributed by atoms with Crippen molar-refractivity contribution in [1.82, 2.24) is 4.90 Å². The molecule has 1 aliphatic heterocycles. The van der Waals surface area contributed by atoms with Crippen molar-refractivity contribution in [2.45, 2.75) is 83.8 Å². The first-order valence-electron chi connectivity index (χ1n) is 10.2. The summed E-state index contributed by atoms with van der Waals surface area (Å²) in [4.78, 5) is 14.6. The molecule has 0 aliphatic carbocycles. The van der Waals surface area contributed by atoms with Gasteiger partial charge in [-0.25, -0.2) is 4.79 Å². The third-order valence-electron chi connectivity index (χ3n) is 5.56. The van der Waals surface area contributed by atoms with E-state index in [1.165, 1.54) is 0 Å². The zero-order valence-electron chi connectivity index (χ0n) is 18.7. The minimum atomic E-state index is -1.94. The van der Waals surface area contributed by atoms with Crippen molar-refractivity contribution in [2.75, 3.05) is 13.2 Å². The fourth-order valence-corrected chi connectivity index (χ4v) is 3.91. The maximum atomic E-state index is 12.8. The lowest BCUT2D eigenvalue weighted by Gasteiger charge is -2.38. The number of rotatable bonds is 5. The number of para-hydroxylation sites is 1. The third-order valence-corrected chi connectivity index (χ3v) is 10.1. The summed E-state index contributed by atoms with van der Waals surface area (Å²) in [5, 5.41) is 0.109. The number of hydrogen-bond acceptors (Lipinski definition) is 4. The summed E-state index contributed by atoms with van der Waals surface area (Å²) in [5.74, 6) is 0.816. The van der Waals surface area contributed by atoms with E-state index in [1.54, 1.807) is 4.90 Å². The van der Waals surface area contributed by atoms with E-state index in [4.69, 9.17) is 13.9 Å². The highest BCUT2D eigenvalue weighted by atomic mass is 28.4. The lowest BCUT2D eigenvalue weighted by atomic mass is 10.2. The van der Waals surface area contributed by atoms with Gasteiger partial charge in [0, 0.05) is 13.0 Å². The number of likely N-dealkylation sites (tertiary alicyclic amines) is 1. The Morgan fingerprint density at radius 3 is 2.25 bits per heavy atom. The van der Waals surface area contributed by atoms with E-state index in [9.17, 15) is 4.79 Å². The van der Waals surface area contributed by atoms with Crippen LogP contribution in [0, 0.1) is 0 Å². The van der Waals surface area contributed by atoms with E-state index in [-0.39, 0.29) is 23.3 Å². The van der Waals surface area contributed by atoms with Crippen LogP contribution in [0.25, 0.3) is 0 Å². The monoisotopic (exact) mass is 407 g/mol.